The quantitative estimate of drug-likeness (QED) is 0.830. The van der Waals surface area contributed by atoms with Gasteiger partial charge in [0.05, 0.1) is 12.2 Å². The van der Waals surface area contributed by atoms with Gasteiger partial charge < -0.3 is 10.2 Å². The molecule has 24 heavy (non-hydrogen) atoms. The van der Waals surface area contributed by atoms with Crippen molar-refractivity contribution in [1.82, 2.24) is 0 Å². The first-order chi connectivity index (χ1) is 11.5. The van der Waals surface area contributed by atoms with Crippen LogP contribution in [0.25, 0.3) is 0 Å². The summed E-state index contributed by atoms with van der Waals surface area (Å²) in [5.74, 6) is -1.84. The number of para-hydroxylation sites is 1. The van der Waals surface area contributed by atoms with Gasteiger partial charge in [0.2, 0.25) is 5.91 Å². The number of nitrogens with zero attached hydrogens (tertiary/aromatic N) is 1. The number of rotatable bonds is 3. The highest BCUT2D eigenvalue weighted by Crippen LogP contribution is 2.31. The summed E-state index contributed by atoms with van der Waals surface area (Å²) in [7, 11) is 0. The smallest absolute Gasteiger partial charge is 0.244 e. The van der Waals surface area contributed by atoms with Crippen molar-refractivity contribution in [2.45, 2.75) is 25.8 Å². The highest BCUT2D eigenvalue weighted by molar-refractivity contribution is 9.10. The summed E-state index contributed by atoms with van der Waals surface area (Å²) in [6.45, 7) is 2.18. The molecule has 1 N–H and O–H groups in total. The molecule has 0 spiro atoms. The van der Waals surface area contributed by atoms with Crippen LogP contribution < -0.4 is 10.2 Å². The summed E-state index contributed by atoms with van der Waals surface area (Å²) in [5, 5.41) is 2.54. The van der Waals surface area contributed by atoms with Crippen molar-refractivity contribution >= 4 is 33.2 Å². The summed E-state index contributed by atoms with van der Waals surface area (Å²) in [6, 6.07) is 10.1. The van der Waals surface area contributed by atoms with Gasteiger partial charge in [0.1, 0.15) is 5.82 Å². The van der Waals surface area contributed by atoms with Gasteiger partial charge in [-0.05, 0) is 53.4 Å². The first-order valence-corrected chi connectivity index (χ1v) is 8.54. The van der Waals surface area contributed by atoms with Crippen molar-refractivity contribution in [3.63, 3.8) is 0 Å². The fourth-order valence-electron chi connectivity index (χ4n) is 3.00. The van der Waals surface area contributed by atoms with Gasteiger partial charge in [0.15, 0.2) is 5.82 Å². The number of aryl methyl sites for hydroxylation is 1. The second-order valence-electron chi connectivity index (χ2n) is 5.94. The number of carbonyl (C=O) groups is 1. The molecule has 0 bridgehead atoms. The molecule has 3 nitrogen and oxygen atoms in total. The van der Waals surface area contributed by atoms with Gasteiger partial charge in [-0.1, -0.05) is 18.2 Å². The largest absolute Gasteiger partial charge is 0.359 e. The molecular weight excluding hydrogens is 378 g/mol. The fourth-order valence-corrected chi connectivity index (χ4v) is 3.50. The Labute approximate surface area is 147 Å². The lowest BCUT2D eigenvalue weighted by molar-refractivity contribution is -0.115. The predicted molar refractivity (Wildman–Crippen MR) is 94.3 cm³/mol. The summed E-state index contributed by atoms with van der Waals surface area (Å²) >= 11 is 3.08. The number of fused-ring (bicyclic) bond motifs is 1. The zero-order valence-corrected chi connectivity index (χ0v) is 14.7. The third-order valence-corrected chi connectivity index (χ3v) is 4.88. The van der Waals surface area contributed by atoms with E-state index >= 15 is 0 Å². The van der Waals surface area contributed by atoms with Crippen LogP contribution in [0.15, 0.2) is 40.9 Å². The molecule has 0 saturated carbocycles. The Bertz CT molecular complexity index is 758. The summed E-state index contributed by atoms with van der Waals surface area (Å²) in [4.78, 5) is 14.4. The van der Waals surface area contributed by atoms with E-state index in [4.69, 9.17) is 0 Å². The van der Waals surface area contributed by atoms with E-state index in [-0.39, 0.29) is 28.7 Å². The fraction of sp³-hybridized carbons (Fsp3) is 0.278. The minimum absolute atomic E-state index is 0.0423. The van der Waals surface area contributed by atoms with Gasteiger partial charge in [0.25, 0.3) is 0 Å². The van der Waals surface area contributed by atoms with E-state index in [0.29, 0.717) is 0 Å². The molecule has 1 heterocycles. The van der Waals surface area contributed by atoms with E-state index in [0.717, 1.165) is 30.7 Å². The van der Waals surface area contributed by atoms with Gasteiger partial charge in [-0.3, -0.25) is 4.79 Å². The first-order valence-electron chi connectivity index (χ1n) is 7.74. The first kappa shape index (κ1) is 16.9. The van der Waals surface area contributed by atoms with Crippen molar-refractivity contribution in [1.29, 1.82) is 0 Å². The second-order valence-corrected chi connectivity index (χ2v) is 6.79. The zero-order chi connectivity index (χ0) is 17.3. The van der Waals surface area contributed by atoms with Crippen molar-refractivity contribution in [2.24, 2.45) is 0 Å². The van der Waals surface area contributed by atoms with Crippen molar-refractivity contribution in [2.75, 3.05) is 16.8 Å². The Hall–Kier alpha value is -1.95. The van der Waals surface area contributed by atoms with Crippen LogP contribution in [-0.2, 0) is 11.2 Å². The van der Waals surface area contributed by atoms with Crippen LogP contribution >= 0.6 is 15.9 Å². The molecule has 0 fully saturated rings. The van der Waals surface area contributed by atoms with Crippen LogP contribution in [0.2, 0.25) is 0 Å². The van der Waals surface area contributed by atoms with Crippen LogP contribution in [0.1, 0.15) is 18.9 Å². The van der Waals surface area contributed by atoms with E-state index in [1.54, 1.807) is 0 Å². The lowest BCUT2D eigenvalue weighted by atomic mass is 9.96. The molecule has 0 radical (unpaired) electrons. The summed E-state index contributed by atoms with van der Waals surface area (Å²) in [5.41, 5.74) is 2.20. The molecule has 0 aromatic heterocycles. The van der Waals surface area contributed by atoms with E-state index in [9.17, 15) is 13.6 Å². The maximum atomic E-state index is 13.9. The second kappa shape index (κ2) is 6.89. The van der Waals surface area contributed by atoms with E-state index in [1.165, 1.54) is 5.56 Å². The average molecular weight is 395 g/mol. The number of anilines is 2. The van der Waals surface area contributed by atoms with E-state index in [2.05, 4.69) is 34.2 Å². The summed E-state index contributed by atoms with van der Waals surface area (Å²) in [6.07, 6.45) is 1.94. The number of amides is 1. The standard InChI is InChI=1S/C18H17BrF2N2O/c1-11-6-7-12-4-2-3-5-16(12)23(11)10-17(24)22-18-14(19)8-13(20)9-15(18)21/h2-5,8-9,11H,6-7,10H2,1H3,(H,22,24). The lowest BCUT2D eigenvalue weighted by Gasteiger charge is -2.36. The number of nitrogens with one attached hydrogen (secondary N) is 1. The van der Waals surface area contributed by atoms with Gasteiger partial charge in [-0.2, -0.15) is 0 Å². The van der Waals surface area contributed by atoms with E-state index in [1.807, 2.05) is 23.1 Å². The Kier molecular flexibility index (Phi) is 4.85. The van der Waals surface area contributed by atoms with Crippen LogP contribution in [0.4, 0.5) is 20.2 Å². The average Bonchev–Trinajstić information content (AvgIpc) is 2.53. The SMILES string of the molecule is CC1CCc2ccccc2N1CC(=O)Nc1c(F)cc(F)cc1Br. The molecule has 2 aromatic carbocycles. The molecule has 2 aromatic rings. The molecular formula is C18H17BrF2N2O. The Morgan fingerprint density at radius 1 is 1.33 bits per heavy atom. The Morgan fingerprint density at radius 3 is 2.83 bits per heavy atom. The van der Waals surface area contributed by atoms with Crippen LogP contribution in [-0.4, -0.2) is 18.5 Å². The van der Waals surface area contributed by atoms with E-state index < -0.39 is 11.6 Å². The van der Waals surface area contributed by atoms with Crippen LogP contribution in [0.3, 0.4) is 0 Å². The molecule has 1 atom stereocenters. The maximum absolute atomic E-state index is 13.9. The third kappa shape index (κ3) is 3.43. The van der Waals surface area contributed by atoms with Crippen molar-refractivity contribution < 1.29 is 13.6 Å². The molecule has 6 heteroatoms. The van der Waals surface area contributed by atoms with Gasteiger partial charge >= 0.3 is 0 Å². The molecule has 126 valence electrons. The van der Waals surface area contributed by atoms with Crippen molar-refractivity contribution in [3.05, 3.63) is 58.1 Å². The van der Waals surface area contributed by atoms with Crippen LogP contribution in [0.5, 0.6) is 0 Å². The normalized spacial score (nSPS) is 16.7. The minimum atomic E-state index is -0.803. The number of carbonyl (C=O) groups excluding carboxylic acids is 1. The molecule has 3 rings (SSSR count). The highest BCUT2D eigenvalue weighted by Gasteiger charge is 2.25. The molecule has 0 aliphatic carbocycles. The molecule has 0 saturated heterocycles. The minimum Gasteiger partial charge on any atom is -0.359 e. The van der Waals surface area contributed by atoms with Gasteiger partial charge in [0, 0.05) is 22.3 Å². The number of hydrogen-bond donors (Lipinski definition) is 1. The lowest BCUT2D eigenvalue weighted by Crippen LogP contribution is -2.42. The summed E-state index contributed by atoms with van der Waals surface area (Å²) < 4.78 is 27.2. The molecule has 1 unspecified atom stereocenters. The topological polar surface area (TPSA) is 32.3 Å². The molecule has 1 aliphatic rings. The van der Waals surface area contributed by atoms with Gasteiger partial charge in [-0.25, -0.2) is 8.78 Å². The number of halogens is 3. The zero-order valence-electron chi connectivity index (χ0n) is 13.2. The third-order valence-electron chi connectivity index (χ3n) is 4.25. The highest BCUT2D eigenvalue weighted by atomic mass is 79.9. The van der Waals surface area contributed by atoms with Gasteiger partial charge in [-0.15, -0.1) is 0 Å². The Morgan fingerprint density at radius 2 is 2.08 bits per heavy atom. The van der Waals surface area contributed by atoms with Crippen molar-refractivity contribution in [3.8, 4) is 0 Å². The number of hydrogen-bond acceptors (Lipinski definition) is 2. The van der Waals surface area contributed by atoms with Crippen LogP contribution in [0, 0.1) is 11.6 Å². The maximum Gasteiger partial charge on any atom is 0.244 e. The monoisotopic (exact) mass is 394 g/mol. The molecule has 1 aliphatic heterocycles. The number of benzene rings is 2. The molecule has 1 amide bonds. The predicted octanol–water partition coefficient (Wildman–Crippen LogP) is 4.51. The Balaban J connectivity index is 1.78.